The first-order valence-electron chi connectivity index (χ1n) is 11.7. The topological polar surface area (TPSA) is 66.4 Å². The number of aromatic hydroxyl groups is 1. The number of hydrogen-bond donors (Lipinski definition) is 2. The van der Waals surface area contributed by atoms with Gasteiger partial charge in [0.2, 0.25) is 0 Å². The van der Waals surface area contributed by atoms with Crippen molar-refractivity contribution in [1.82, 2.24) is 5.32 Å². The highest BCUT2D eigenvalue weighted by atomic mass is 35.5. The van der Waals surface area contributed by atoms with Crippen LogP contribution in [0.3, 0.4) is 0 Å². The van der Waals surface area contributed by atoms with E-state index in [1.807, 2.05) is 36.4 Å². The summed E-state index contributed by atoms with van der Waals surface area (Å²) in [6, 6.07) is 18.5. The molecule has 0 spiro atoms. The quantitative estimate of drug-likeness (QED) is 0.458. The molecule has 34 heavy (non-hydrogen) atoms. The molecule has 0 aliphatic heterocycles. The zero-order chi connectivity index (χ0) is 23.7. The van der Waals surface area contributed by atoms with E-state index >= 15 is 0 Å². The van der Waals surface area contributed by atoms with Crippen LogP contribution in [-0.2, 0) is 19.3 Å². The van der Waals surface area contributed by atoms with Gasteiger partial charge in [-0.05, 0) is 102 Å². The van der Waals surface area contributed by atoms with Crippen molar-refractivity contribution in [3.05, 3.63) is 105 Å². The Morgan fingerprint density at radius 2 is 1.76 bits per heavy atom. The van der Waals surface area contributed by atoms with Gasteiger partial charge in [0, 0.05) is 28.6 Å². The fourth-order valence-corrected chi connectivity index (χ4v) is 4.89. The van der Waals surface area contributed by atoms with E-state index in [4.69, 9.17) is 11.6 Å². The molecule has 0 fully saturated rings. The number of ketones is 1. The fraction of sp³-hybridized carbons (Fsp3) is 0.241. The number of fused-ring (bicyclic) bond motifs is 1. The lowest BCUT2D eigenvalue weighted by molar-refractivity contribution is 0.0899. The summed E-state index contributed by atoms with van der Waals surface area (Å²) in [5.74, 6) is 0.152. The van der Waals surface area contributed by atoms with Crippen LogP contribution in [0.1, 0.15) is 55.8 Å². The van der Waals surface area contributed by atoms with E-state index in [0.29, 0.717) is 24.1 Å². The van der Waals surface area contributed by atoms with Crippen LogP contribution in [0.15, 0.2) is 66.7 Å². The molecule has 1 unspecified atom stereocenters. The third kappa shape index (κ3) is 4.92. The lowest BCUT2D eigenvalue weighted by atomic mass is 9.79. The van der Waals surface area contributed by atoms with Crippen molar-refractivity contribution in [2.24, 2.45) is 5.92 Å². The highest BCUT2D eigenvalue weighted by Gasteiger charge is 2.27. The molecule has 0 radical (unpaired) electrons. The predicted octanol–water partition coefficient (Wildman–Crippen LogP) is 5.79. The molecule has 2 aliphatic rings. The predicted molar refractivity (Wildman–Crippen MR) is 134 cm³/mol. The Labute approximate surface area is 204 Å². The summed E-state index contributed by atoms with van der Waals surface area (Å²) in [7, 11) is 0. The van der Waals surface area contributed by atoms with Crippen molar-refractivity contribution in [2.45, 2.75) is 32.1 Å². The van der Waals surface area contributed by atoms with Gasteiger partial charge in [-0.3, -0.25) is 9.59 Å². The molecule has 2 N–H and O–H groups in total. The van der Waals surface area contributed by atoms with Crippen LogP contribution < -0.4 is 5.32 Å². The number of nitrogens with one attached hydrogen (secondary N) is 1. The normalized spacial score (nSPS) is 16.6. The van der Waals surface area contributed by atoms with Gasteiger partial charge in [0.25, 0.3) is 5.91 Å². The van der Waals surface area contributed by atoms with Crippen LogP contribution in [0.4, 0.5) is 0 Å². The molecule has 0 bridgehead atoms. The molecular weight excluding hydrogens is 446 g/mol. The number of allylic oxidation sites excluding steroid dienone is 2. The summed E-state index contributed by atoms with van der Waals surface area (Å²) in [6.45, 7) is 0.548. The molecule has 3 aromatic carbocycles. The summed E-state index contributed by atoms with van der Waals surface area (Å²) in [5, 5.41) is 13.4. The zero-order valence-corrected chi connectivity index (χ0v) is 19.6. The standard InChI is InChI=1S/C29H26ClNO3/c30-27-12-3-19(16-26(27)20-6-7-20)13-14-31-29(34)21-4-1-18(2-5-21)15-23-9-8-22-17-24(32)10-11-25(22)28(23)33/h1-6,10-12,16-17,23,32H,7-9,13-15H2,(H,31,34). The van der Waals surface area contributed by atoms with E-state index in [1.165, 1.54) is 5.57 Å². The van der Waals surface area contributed by atoms with Gasteiger partial charge in [0.1, 0.15) is 5.75 Å². The molecule has 172 valence electrons. The van der Waals surface area contributed by atoms with Crippen LogP contribution in [0.5, 0.6) is 5.75 Å². The average Bonchev–Trinajstić information content (AvgIpc) is 3.68. The summed E-state index contributed by atoms with van der Waals surface area (Å²) in [4.78, 5) is 25.4. The van der Waals surface area contributed by atoms with E-state index < -0.39 is 0 Å². The molecule has 4 nitrogen and oxygen atoms in total. The van der Waals surface area contributed by atoms with E-state index in [1.54, 1.807) is 18.2 Å². The average molecular weight is 472 g/mol. The monoisotopic (exact) mass is 471 g/mol. The molecule has 1 amide bonds. The third-order valence-electron chi connectivity index (χ3n) is 6.67. The molecule has 3 aromatic rings. The first kappa shape index (κ1) is 22.4. The van der Waals surface area contributed by atoms with Crippen molar-refractivity contribution in [3.63, 3.8) is 0 Å². The number of rotatable bonds is 7. The minimum absolute atomic E-state index is 0.0765. The molecule has 0 saturated carbocycles. The number of aryl methyl sites for hydroxylation is 1. The van der Waals surface area contributed by atoms with Gasteiger partial charge < -0.3 is 10.4 Å². The number of amides is 1. The summed E-state index contributed by atoms with van der Waals surface area (Å²) >= 11 is 6.27. The van der Waals surface area contributed by atoms with E-state index in [0.717, 1.165) is 53.0 Å². The maximum Gasteiger partial charge on any atom is 0.251 e. The molecule has 0 heterocycles. The Hall–Kier alpha value is -3.37. The summed E-state index contributed by atoms with van der Waals surface area (Å²) in [5.41, 5.74) is 6.82. The van der Waals surface area contributed by atoms with Crippen LogP contribution >= 0.6 is 11.6 Å². The maximum atomic E-state index is 12.9. The fourth-order valence-electron chi connectivity index (χ4n) is 4.65. The molecule has 5 heteroatoms. The molecule has 0 saturated heterocycles. The zero-order valence-electron chi connectivity index (χ0n) is 18.8. The SMILES string of the molecule is O=C(NCCc1ccc(Cl)c(C2=CC2)c1)c1ccc(CC2CCc3cc(O)ccc3C2=O)cc1. The maximum absolute atomic E-state index is 12.9. The summed E-state index contributed by atoms with van der Waals surface area (Å²) in [6.07, 6.45) is 6.10. The van der Waals surface area contributed by atoms with Crippen molar-refractivity contribution in [3.8, 4) is 5.75 Å². The number of halogens is 1. The number of carbonyl (C=O) groups excluding carboxylic acids is 2. The molecule has 5 rings (SSSR count). The van der Waals surface area contributed by atoms with Gasteiger partial charge in [-0.25, -0.2) is 0 Å². The number of Topliss-reactive ketones (excluding diaryl/α,β-unsaturated/α-hetero) is 1. The van der Waals surface area contributed by atoms with Gasteiger partial charge >= 0.3 is 0 Å². The Morgan fingerprint density at radius 3 is 2.53 bits per heavy atom. The lowest BCUT2D eigenvalue weighted by Crippen LogP contribution is -2.26. The van der Waals surface area contributed by atoms with E-state index in [9.17, 15) is 14.7 Å². The first-order chi connectivity index (χ1) is 16.5. The second kappa shape index (κ2) is 9.47. The van der Waals surface area contributed by atoms with Crippen molar-refractivity contribution >= 4 is 28.9 Å². The third-order valence-corrected chi connectivity index (χ3v) is 7.00. The number of benzene rings is 3. The van der Waals surface area contributed by atoms with Crippen LogP contribution in [0, 0.1) is 5.92 Å². The Bertz CT molecular complexity index is 1290. The van der Waals surface area contributed by atoms with E-state index in [2.05, 4.69) is 17.5 Å². The number of carbonyl (C=O) groups is 2. The molecule has 0 aromatic heterocycles. The largest absolute Gasteiger partial charge is 0.508 e. The second-order valence-electron chi connectivity index (χ2n) is 9.10. The van der Waals surface area contributed by atoms with Crippen LogP contribution in [0.2, 0.25) is 5.02 Å². The number of hydrogen-bond acceptors (Lipinski definition) is 3. The number of phenolic OH excluding ortho intramolecular Hbond substituents is 1. The highest BCUT2D eigenvalue weighted by Crippen LogP contribution is 2.36. The van der Waals surface area contributed by atoms with Gasteiger partial charge in [-0.15, -0.1) is 0 Å². The van der Waals surface area contributed by atoms with Crippen LogP contribution in [0.25, 0.3) is 5.57 Å². The Kier molecular flexibility index (Phi) is 6.25. The smallest absolute Gasteiger partial charge is 0.251 e. The molecule has 2 aliphatic carbocycles. The minimum atomic E-state index is -0.104. The second-order valence-corrected chi connectivity index (χ2v) is 9.50. The highest BCUT2D eigenvalue weighted by molar-refractivity contribution is 6.32. The molecular formula is C29H26ClNO3. The Morgan fingerprint density at radius 1 is 1.00 bits per heavy atom. The van der Waals surface area contributed by atoms with Gasteiger partial charge in [-0.2, -0.15) is 0 Å². The first-order valence-corrected chi connectivity index (χ1v) is 12.1. The minimum Gasteiger partial charge on any atom is -0.508 e. The van der Waals surface area contributed by atoms with Gasteiger partial charge in [0.05, 0.1) is 0 Å². The van der Waals surface area contributed by atoms with Crippen molar-refractivity contribution in [2.75, 3.05) is 6.54 Å². The van der Waals surface area contributed by atoms with E-state index in [-0.39, 0.29) is 23.4 Å². The van der Waals surface area contributed by atoms with Gasteiger partial charge in [-0.1, -0.05) is 35.9 Å². The van der Waals surface area contributed by atoms with Crippen molar-refractivity contribution in [1.29, 1.82) is 0 Å². The molecule has 1 atom stereocenters. The van der Waals surface area contributed by atoms with Crippen LogP contribution in [-0.4, -0.2) is 23.3 Å². The van der Waals surface area contributed by atoms with Gasteiger partial charge in [0.15, 0.2) is 5.78 Å². The summed E-state index contributed by atoms with van der Waals surface area (Å²) < 4.78 is 0. The lowest BCUT2D eigenvalue weighted by Gasteiger charge is -2.23. The number of phenols is 1. The Balaban J connectivity index is 1.15. The van der Waals surface area contributed by atoms with Crippen molar-refractivity contribution < 1.29 is 14.7 Å².